The number of ether oxygens (including phenoxy) is 2. The molecule has 0 amide bonds. The minimum Gasteiger partial charge on any atom is -0.434 e. The summed E-state index contributed by atoms with van der Waals surface area (Å²) in [6, 6.07) is 21.4. The van der Waals surface area contributed by atoms with Crippen LogP contribution in [0.4, 0.5) is 4.79 Å². The molecule has 0 saturated heterocycles. The van der Waals surface area contributed by atoms with Crippen molar-refractivity contribution >= 4 is 6.16 Å². The first-order chi connectivity index (χ1) is 15.7. The van der Waals surface area contributed by atoms with E-state index in [0.29, 0.717) is 25.0 Å². The number of hydrogen-bond acceptors (Lipinski definition) is 3. The summed E-state index contributed by atoms with van der Waals surface area (Å²) in [7, 11) is 0. The smallest absolute Gasteiger partial charge is 0.434 e. The summed E-state index contributed by atoms with van der Waals surface area (Å²) in [4.78, 5) is 12.0. The average Bonchev–Trinajstić information content (AvgIpc) is 2.84. The molecule has 32 heavy (non-hydrogen) atoms. The molecule has 0 aromatic heterocycles. The molecule has 0 fully saturated rings. The Kier molecular flexibility index (Phi) is 13.3. The van der Waals surface area contributed by atoms with E-state index in [2.05, 4.69) is 74.5 Å². The van der Waals surface area contributed by atoms with Gasteiger partial charge in [0.25, 0.3) is 0 Å². The van der Waals surface area contributed by atoms with Gasteiger partial charge in [-0.05, 0) is 61.5 Å². The Hall–Kier alpha value is -2.29. The van der Waals surface area contributed by atoms with Crippen LogP contribution >= 0.6 is 0 Å². The summed E-state index contributed by atoms with van der Waals surface area (Å²) < 4.78 is 10.7. The quantitative estimate of drug-likeness (QED) is 0.194. The minimum absolute atomic E-state index is 0.428. The molecule has 0 aliphatic rings. The van der Waals surface area contributed by atoms with Crippen molar-refractivity contribution in [2.24, 2.45) is 0 Å². The van der Waals surface area contributed by atoms with E-state index in [0.717, 1.165) is 25.7 Å². The molecule has 0 bridgehead atoms. The third kappa shape index (κ3) is 10.3. The van der Waals surface area contributed by atoms with Crippen LogP contribution in [-0.2, 0) is 9.47 Å². The predicted molar refractivity (Wildman–Crippen MR) is 133 cm³/mol. The first-order valence-electron chi connectivity index (χ1n) is 12.6. The number of rotatable bonds is 16. The number of hydrogen-bond donors (Lipinski definition) is 0. The predicted octanol–water partition coefficient (Wildman–Crippen LogP) is 8.65. The Labute approximate surface area is 195 Å². The van der Waals surface area contributed by atoms with E-state index in [4.69, 9.17) is 9.47 Å². The van der Waals surface area contributed by atoms with Crippen molar-refractivity contribution in [3.8, 4) is 0 Å². The van der Waals surface area contributed by atoms with Crippen molar-refractivity contribution in [1.82, 2.24) is 0 Å². The Bertz CT molecular complexity index is 652. The fourth-order valence-electron chi connectivity index (χ4n) is 4.32. The van der Waals surface area contributed by atoms with Crippen LogP contribution in [0, 0.1) is 0 Å². The monoisotopic (exact) mass is 438 g/mol. The molecule has 0 saturated carbocycles. The topological polar surface area (TPSA) is 35.5 Å². The molecule has 2 rings (SSSR count). The first kappa shape index (κ1) is 26.0. The molecule has 0 aliphatic heterocycles. The number of carbonyl (C=O) groups excluding carboxylic acids is 1. The van der Waals surface area contributed by atoms with E-state index < -0.39 is 6.16 Å². The van der Waals surface area contributed by atoms with Crippen LogP contribution in [0.15, 0.2) is 60.7 Å². The second-order valence-corrected chi connectivity index (χ2v) is 8.73. The fourth-order valence-corrected chi connectivity index (χ4v) is 4.32. The lowest BCUT2D eigenvalue weighted by Gasteiger charge is -2.17. The summed E-state index contributed by atoms with van der Waals surface area (Å²) in [5.74, 6) is 1.07. The van der Waals surface area contributed by atoms with E-state index in [1.807, 2.05) is 0 Å². The van der Waals surface area contributed by atoms with Gasteiger partial charge < -0.3 is 9.47 Å². The summed E-state index contributed by atoms with van der Waals surface area (Å²) in [5, 5.41) is 0. The molecule has 2 aromatic rings. The minimum atomic E-state index is -0.528. The summed E-state index contributed by atoms with van der Waals surface area (Å²) in [6.07, 6.45) is 10.5. The van der Waals surface area contributed by atoms with Gasteiger partial charge in [0.05, 0.1) is 13.2 Å². The highest BCUT2D eigenvalue weighted by Gasteiger charge is 2.13. The molecule has 176 valence electrons. The maximum Gasteiger partial charge on any atom is 0.508 e. The fraction of sp³-hybridized carbons (Fsp3) is 0.552. The van der Waals surface area contributed by atoms with Crippen molar-refractivity contribution < 1.29 is 14.3 Å². The molecular formula is C29H42O3. The van der Waals surface area contributed by atoms with E-state index >= 15 is 0 Å². The maximum atomic E-state index is 12.0. The highest BCUT2D eigenvalue weighted by Crippen LogP contribution is 2.28. The Balaban J connectivity index is 1.64. The van der Waals surface area contributed by atoms with Crippen LogP contribution in [0.5, 0.6) is 0 Å². The van der Waals surface area contributed by atoms with Crippen molar-refractivity contribution in [2.45, 2.75) is 89.9 Å². The molecule has 0 heterocycles. The van der Waals surface area contributed by atoms with E-state index in [1.54, 1.807) is 0 Å². The van der Waals surface area contributed by atoms with Gasteiger partial charge in [0, 0.05) is 0 Å². The van der Waals surface area contributed by atoms with Gasteiger partial charge in [-0.2, -0.15) is 0 Å². The third-order valence-electron chi connectivity index (χ3n) is 6.19. The summed E-state index contributed by atoms with van der Waals surface area (Å²) in [5.41, 5.74) is 2.78. The molecule has 2 atom stereocenters. The Morgan fingerprint density at radius 1 is 0.625 bits per heavy atom. The third-order valence-corrected chi connectivity index (χ3v) is 6.19. The lowest BCUT2D eigenvalue weighted by molar-refractivity contribution is 0.0523. The van der Waals surface area contributed by atoms with Crippen molar-refractivity contribution in [2.75, 3.05) is 13.2 Å². The normalized spacial score (nSPS) is 12.8. The van der Waals surface area contributed by atoms with Gasteiger partial charge in [-0.3, -0.25) is 0 Å². The van der Waals surface area contributed by atoms with Crippen LogP contribution in [0.25, 0.3) is 0 Å². The van der Waals surface area contributed by atoms with Crippen LogP contribution in [0.2, 0.25) is 0 Å². The number of carbonyl (C=O) groups is 1. The van der Waals surface area contributed by atoms with Gasteiger partial charge in [-0.1, -0.05) is 100 Å². The lowest BCUT2D eigenvalue weighted by atomic mass is 9.90. The molecule has 0 radical (unpaired) electrons. The largest absolute Gasteiger partial charge is 0.508 e. The van der Waals surface area contributed by atoms with Gasteiger partial charge in [0.1, 0.15) is 0 Å². The van der Waals surface area contributed by atoms with Crippen LogP contribution in [-0.4, -0.2) is 19.4 Å². The maximum absolute atomic E-state index is 12.0. The van der Waals surface area contributed by atoms with E-state index in [-0.39, 0.29) is 0 Å². The second kappa shape index (κ2) is 16.4. The van der Waals surface area contributed by atoms with Gasteiger partial charge >= 0.3 is 6.16 Å². The summed E-state index contributed by atoms with van der Waals surface area (Å²) >= 11 is 0. The summed E-state index contributed by atoms with van der Waals surface area (Å²) in [6.45, 7) is 5.31. The average molecular weight is 439 g/mol. The van der Waals surface area contributed by atoms with Gasteiger partial charge in [0.2, 0.25) is 0 Å². The van der Waals surface area contributed by atoms with Crippen LogP contribution in [0.1, 0.15) is 101 Å². The SMILES string of the molecule is CCCCC(CCCOC(=O)OCCCC(CCCC)c1ccccc1)c1ccccc1. The van der Waals surface area contributed by atoms with Gasteiger partial charge in [-0.15, -0.1) is 0 Å². The Morgan fingerprint density at radius 3 is 1.38 bits per heavy atom. The van der Waals surface area contributed by atoms with Crippen molar-refractivity contribution in [3.63, 3.8) is 0 Å². The molecule has 2 aromatic carbocycles. The molecular weight excluding hydrogens is 396 g/mol. The zero-order valence-electron chi connectivity index (χ0n) is 20.1. The number of benzene rings is 2. The zero-order valence-corrected chi connectivity index (χ0v) is 20.1. The molecule has 3 nitrogen and oxygen atoms in total. The van der Waals surface area contributed by atoms with Gasteiger partial charge in [-0.25, -0.2) is 4.79 Å². The van der Waals surface area contributed by atoms with E-state index in [1.165, 1.54) is 49.7 Å². The molecule has 2 unspecified atom stereocenters. The molecule has 0 spiro atoms. The highest BCUT2D eigenvalue weighted by atomic mass is 16.7. The zero-order chi connectivity index (χ0) is 22.9. The number of unbranched alkanes of at least 4 members (excludes halogenated alkanes) is 2. The first-order valence-corrected chi connectivity index (χ1v) is 12.6. The Morgan fingerprint density at radius 2 is 1.00 bits per heavy atom. The van der Waals surface area contributed by atoms with Crippen LogP contribution < -0.4 is 0 Å². The standard InChI is InChI=1S/C29H42O3/c1-3-5-15-25(27-17-9-7-10-18-27)21-13-23-31-29(30)32-24-14-22-26(16-6-4-2)28-19-11-8-12-20-28/h7-12,17-20,25-26H,3-6,13-16,21-24H2,1-2H3. The van der Waals surface area contributed by atoms with Crippen LogP contribution in [0.3, 0.4) is 0 Å². The lowest BCUT2D eigenvalue weighted by Crippen LogP contribution is -2.11. The molecule has 3 heteroatoms. The van der Waals surface area contributed by atoms with E-state index in [9.17, 15) is 4.79 Å². The second-order valence-electron chi connectivity index (χ2n) is 8.73. The molecule has 0 aliphatic carbocycles. The van der Waals surface area contributed by atoms with Gasteiger partial charge in [0.15, 0.2) is 0 Å². The van der Waals surface area contributed by atoms with Crippen molar-refractivity contribution in [3.05, 3.63) is 71.8 Å². The van der Waals surface area contributed by atoms with Crippen molar-refractivity contribution in [1.29, 1.82) is 0 Å². The molecule has 0 N–H and O–H groups in total. The highest BCUT2D eigenvalue weighted by molar-refractivity contribution is 5.59.